The van der Waals surface area contributed by atoms with Crippen LogP contribution in [0.15, 0.2) is 89.6 Å². The van der Waals surface area contributed by atoms with Gasteiger partial charge in [0, 0.05) is 24.0 Å². The molecule has 9 nitrogen and oxygen atoms in total. The molecule has 2 amide bonds. The fourth-order valence-electron chi connectivity index (χ4n) is 5.64. The number of ether oxygens (including phenoxy) is 1. The van der Waals surface area contributed by atoms with Crippen molar-refractivity contribution < 1.29 is 28.6 Å². The first kappa shape index (κ1) is 26.7. The maximum absolute atomic E-state index is 14.4. The molecule has 1 aliphatic rings. The van der Waals surface area contributed by atoms with Gasteiger partial charge in [-0.05, 0) is 61.4 Å². The number of furan rings is 1. The molecule has 3 heterocycles. The quantitative estimate of drug-likeness (QED) is 0.292. The Hall–Kier alpha value is -4.92. The average molecular weight is 540 g/mol. The molecule has 2 aromatic heterocycles. The van der Waals surface area contributed by atoms with Gasteiger partial charge >= 0.3 is 12.0 Å². The Morgan fingerprint density at radius 3 is 2.27 bits per heavy atom. The van der Waals surface area contributed by atoms with Crippen molar-refractivity contribution in [2.75, 3.05) is 12.4 Å². The van der Waals surface area contributed by atoms with Gasteiger partial charge in [0.15, 0.2) is 5.78 Å². The predicted molar refractivity (Wildman–Crippen MR) is 147 cm³/mol. The number of methoxy groups -OCH3 is 1. The fraction of sp³-hybridized carbons (Fsp3) is 0.226. The molecule has 0 saturated carbocycles. The zero-order valence-electron chi connectivity index (χ0n) is 22.3. The number of urea groups is 1. The number of carbonyl (C=O) groups is 3. The third kappa shape index (κ3) is 4.93. The maximum atomic E-state index is 14.4. The number of amides is 2. The number of anilines is 1. The van der Waals surface area contributed by atoms with Crippen molar-refractivity contribution in [2.24, 2.45) is 5.92 Å². The van der Waals surface area contributed by atoms with Crippen LogP contribution in [0.25, 0.3) is 0 Å². The Kier molecular flexibility index (Phi) is 7.37. The summed E-state index contributed by atoms with van der Waals surface area (Å²) in [5, 5.41) is 13.5. The van der Waals surface area contributed by atoms with Crippen LogP contribution >= 0.6 is 0 Å². The standard InChI is InChI=1S/C31H29N3O6/c1-18-16-24(19(2)40-18)29(35)26-25(20-11-13-23(39-3)14-12-20)28(30(36)37)34(27(26)21-8-7-15-32-17-21)31(38)33-22-9-5-4-6-10-22/h4-17,25-28H,1-3H3,(H,33,38)(H,36,37). The number of hydrogen-bond acceptors (Lipinski definition) is 6. The molecule has 2 aromatic carbocycles. The van der Waals surface area contributed by atoms with E-state index in [4.69, 9.17) is 9.15 Å². The number of carbonyl (C=O) groups excluding carboxylic acids is 2. The summed E-state index contributed by atoms with van der Waals surface area (Å²) in [4.78, 5) is 46.9. The van der Waals surface area contributed by atoms with Crippen molar-refractivity contribution in [3.8, 4) is 5.75 Å². The van der Waals surface area contributed by atoms with E-state index >= 15 is 0 Å². The molecular weight excluding hydrogens is 510 g/mol. The summed E-state index contributed by atoms with van der Waals surface area (Å²) < 4.78 is 11.0. The Bertz CT molecular complexity index is 1520. The molecule has 40 heavy (non-hydrogen) atoms. The number of aryl methyl sites for hydroxylation is 2. The molecule has 204 valence electrons. The zero-order valence-corrected chi connectivity index (χ0v) is 22.3. The molecule has 0 spiro atoms. The Labute approximate surface area is 231 Å². The van der Waals surface area contributed by atoms with Crippen molar-refractivity contribution >= 4 is 23.5 Å². The van der Waals surface area contributed by atoms with Crippen molar-refractivity contribution in [1.29, 1.82) is 0 Å². The Morgan fingerprint density at radius 1 is 0.975 bits per heavy atom. The monoisotopic (exact) mass is 539 g/mol. The number of carboxylic acid groups (broad SMARTS) is 1. The largest absolute Gasteiger partial charge is 0.497 e. The van der Waals surface area contributed by atoms with E-state index in [2.05, 4.69) is 10.3 Å². The van der Waals surface area contributed by atoms with Crippen LogP contribution < -0.4 is 10.1 Å². The van der Waals surface area contributed by atoms with Crippen molar-refractivity contribution in [3.63, 3.8) is 0 Å². The van der Waals surface area contributed by atoms with Gasteiger partial charge in [0.1, 0.15) is 23.3 Å². The number of benzene rings is 2. The van der Waals surface area contributed by atoms with Crippen LogP contribution in [0.1, 0.15) is 45.0 Å². The topological polar surface area (TPSA) is 122 Å². The number of pyridine rings is 1. The van der Waals surface area contributed by atoms with Crippen LogP contribution in [0.2, 0.25) is 0 Å². The molecule has 2 N–H and O–H groups in total. The van der Waals surface area contributed by atoms with Gasteiger partial charge in [0.25, 0.3) is 0 Å². The SMILES string of the molecule is COc1ccc(C2C(C(=O)c3cc(C)oc3C)C(c3cccnc3)N(C(=O)Nc3ccccc3)C2C(=O)O)cc1. The summed E-state index contributed by atoms with van der Waals surface area (Å²) in [6.07, 6.45) is 3.15. The zero-order chi connectivity index (χ0) is 28.4. The van der Waals surface area contributed by atoms with E-state index in [1.807, 2.05) is 6.07 Å². The highest BCUT2D eigenvalue weighted by molar-refractivity contribution is 6.03. The summed E-state index contributed by atoms with van der Waals surface area (Å²) in [6.45, 7) is 3.45. The Morgan fingerprint density at radius 2 is 1.70 bits per heavy atom. The first-order valence-corrected chi connectivity index (χ1v) is 12.8. The van der Waals surface area contributed by atoms with Crippen LogP contribution in [0.4, 0.5) is 10.5 Å². The number of para-hydroxylation sites is 1. The number of aromatic nitrogens is 1. The minimum absolute atomic E-state index is 0.315. The molecule has 1 saturated heterocycles. The summed E-state index contributed by atoms with van der Waals surface area (Å²) in [5.74, 6) is -1.82. The van der Waals surface area contributed by atoms with Gasteiger partial charge in [-0.3, -0.25) is 9.78 Å². The third-order valence-corrected chi connectivity index (χ3v) is 7.31. The summed E-state index contributed by atoms with van der Waals surface area (Å²) in [6, 6.07) is 17.9. The van der Waals surface area contributed by atoms with E-state index in [-0.39, 0.29) is 5.78 Å². The fourth-order valence-corrected chi connectivity index (χ4v) is 5.64. The van der Waals surface area contributed by atoms with Crippen LogP contribution in [-0.2, 0) is 4.79 Å². The molecule has 1 fully saturated rings. The lowest BCUT2D eigenvalue weighted by Crippen LogP contribution is -2.45. The predicted octanol–water partition coefficient (Wildman–Crippen LogP) is 5.62. The van der Waals surface area contributed by atoms with Crippen LogP contribution in [0, 0.1) is 19.8 Å². The second kappa shape index (κ2) is 11.1. The number of nitrogens with zero attached hydrogens (tertiary/aromatic N) is 2. The van der Waals surface area contributed by atoms with Gasteiger partial charge < -0.3 is 24.5 Å². The van der Waals surface area contributed by atoms with Gasteiger partial charge in [-0.25, -0.2) is 9.59 Å². The number of rotatable bonds is 7. The number of hydrogen-bond donors (Lipinski definition) is 2. The van der Waals surface area contributed by atoms with Crippen LogP contribution in [0.5, 0.6) is 5.75 Å². The number of Topliss-reactive ketones (excluding diaryl/α,β-unsaturated/α-hetero) is 1. The lowest BCUT2D eigenvalue weighted by molar-refractivity contribution is -0.142. The summed E-state index contributed by atoms with van der Waals surface area (Å²) in [7, 11) is 1.54. The molecule has 4 aromatic rings. The van der Waals surface area contributed by atoms with Gasteiger partial charge in [-0.15, -0.1) is 0 Å². The maximum Gasteiger partial charge on any atom is 0.327 e. The number of nitrogens with one attached hydrogen (secondary N) is 1. The highest BCUT2D eigenvalue weighted by Gasteiger charge is 2.58. The molecule has 0 aliphatic carbocycles. The molecule has 1 aliphatic heterocycles. The molecule has 4 unspecified atom stereocenters. The van der Waals surface area contributed by atoms with Crippen molar-refractivity contribution in [2.45, 2.75) is 31.8 Å². The minimum atomic E-state index is -1.37. The smallest absolute Gasteiger partial charge is 0.327 e. The molecule has 5 rings (SSSR count). The summed E-state index contributed by atoms with van der Waals surface area (Å²) in [5.41, 5.74) is 1.99. The first-order chi connectivity index (χ1) is 19.3. The number of aliphatic carboxylic acids is 1. The van der Waals surface area contributed by atoms with Gasteiger partial charge in [-0.1, -0.05) is 36.4 Å². The van der Waals surface area contributed by atoms with E-state index in [9.17, 15) is 19.5 Å². The highest BCUT2D eigenvalue weighted by Crippen LogP contribution is 2.51. The summed E-state index contributed by atoms with van der Waals surface area (Å²) >= 11 is 0. The molecule has 0 radical (unpaired) electrons. The normalized spacial score (nSPS) is 20.2. The number of ketones is 1. The number of carboxylic acids is 1. The van der Waals surface area contributed by atoms with E-state index in [1.165, 1.54) is 12.0 Å². The van der Waals surface area contributed by atoms with Gasteiger partial charge in [-0.2, -0.15) is 0 Å². The van der Waals surface area contributed by atoms with Gasteiger partial charge in [0.05, 0.1) is 24.6 Å². The third-order valence-electron chi connectivity index (χ3n) is 7.31. The second-order valence-corrected chi connectivity index (χ2v) is 9.73. The van der Waals surface area contributed by atoms with Gasteiger partial charge in [0.2, 0.25) is 0 Å². The highest BCUT2D eigenvalue weighted by atomic mass is 16.5. The lowest BCUT2D eigenvalue weighted by atomic mass is 9.76. The van der Waals surface area contributed by atoms with Crippen molar-refractivity contribution in [1.82, 2.24) is 9.88 Å². The first-order valence-electron chi connectivity index (χ1n) is 12.8. The molecule has 4 atom stereocenters. The molecular formula is C31H29N3O6. The minimum Gasteiger partial charge on any atom is -0.497 e. The molecule has 0 bridgehead atoms. The van der Waals surface area contributed by atoms with E-state index in [0.717, 1.165) is 0 Å². The molecule has 9 heteroatoms. The van der Waals surface area contributed by atoms with Crippen molar-refractivity contribution in [3.05, 3.63) is 113 Å². The van der Waals surface area contributed by atoms with E-state index in [0.29, 0.717) is 39.6 Å². The van der Waals surface area contributed by atoms with E-state index < -0.39 is 35.9 Å². The van der Waals surface area contributed by atoms with E-state index in [1.54, 1.807) is 93.0 Å². The Balaban J connectivity index is 1.72. The lowest BCUT2D eigenvalue weighted by Gasteiger charge is -2.30. The second-order valence-electron chi connectivity index (χ2n) is 9.73. The van der Waals surface area contributed by atoms with Crippen LogP contribution in [-0.4, -0.2) is 45.9 Å². The van der Waals surface area contributed by atoms with Crippen LogP contribution in [0.3, 0.4) is 0 Å². The number of likely N-dealkylation sites (tertiary alicyclic amines) is 1. The average Bonchev–Trinajstić information content (AvgIpc) is 3.50.